The van der Waals surface area contributed by atoms with Gasteiger partial charge < -0.3 is 10.1 Å². The fourth-order valence-corrected chi connectivity index (χ4v) is 3.27. The van der Waals surface area contributed by atoms with Crippen LogP contribution in [0.15, 0.2) is 65.1 Å². The van der Waals surface area contributed by atoms with E-state index in [-0.39, 0.29) is 5.82 Å². The van der Waals surface area contributed by atoms with Gasteiger partial charge in [0.2, 0.25) is 0 Å². The molecule has 5 heteroatoms. The summed E-state index contributed by atoms with van der Waals surface area (Å²) >= 11 is 9.69. The highest BCUT2D eigenvalue weighted by Gasteiger charge is 2.06. The molecule has 0 saturated carbocycles. The second-order valence-corrected chi connectivity index (χ2v) is 7.21. The van der Waals surface area contributed by atoms with E-state index in [1.807, 2.05) is 49.4 Å². The lowest BCUT2D eigenvalue weighted by Gasteiger charge is -2.13. The summed E-state index contributed by atoms with van der Waals surface area (Å²) in [6.45, 7) is 2.98. The molecular weight excluding hydrogens is 417 g/mol. The van der Waals surface area contributed by atoms with Crippen molar-refractivity contribution in [1.29, 1.82) is 0 Å². The van der Waals surface area contributed by atoms with Gasteiger partial charge in [-0.2, -0.15) is 0 Å². The molecule has 0 fully saturated rings. The molecule has 0 amide bonds. The molecule has 0 bridgehead atoms. The van der Waals surface area contributed by atoms with E-state index in [1.165, 1.54) is 12.1 Å². The van der Waals surface area contributed by atoms with Crippen molar-refractivity contribution in [3.63, 3.8) is 0 Å². The van der Waals surface area contributed by atoms with Crippen LogP contribution in [0.5, 0.6) is 5.75 Å². The molecule has 0 aliphatic rings. The van der Waals surface area contributed by atoms with Crippen molar-refractivity contribution in [2.75, 3.05) is 5.32 Å². The van der Waals surface area contributed by atoms with E-state index in [9.17, 15) is 4.39 Å². The van der Waals surface area contributed by atoms with Crippen LogP contribution in [-0.4, -0.2) is 0 Å². The summed E-state index contributed by atoms with van der Waals surface area (Å²) in [5, 5.41) is 4.14. The number of rotatable bonds is 6. The fraction of sp³-hybridized carbons (Fsp3) is 0.143. The predicted octanol–water partition coefficient (Wildman–Crippen LogP) is 6.74. The van der Waals surface area contributed by atoms with Gasteiger partial charge in [-0.05, 0) is 75.9 Å². The van der Waals surface area contributed by atoms with Gasteiger partial charge >= 0.3 is 0 Å². The maximum absolute atomic E-state index is 13.2. The van der Waals surface area contributed by atoms with E-state index in [1.54, 1.807) is 6.07 Å². The smallest absolute Gasteiger partial charge is 0.134 e. The van der Waals surface area contributed by atoms with Crippen LogP contribution in [0.1, 0.15) is 16.7 Å². The molecule has 3 rings (SSSR count). The van der Waals surface area contributed by atoms with Gasteiger partial charge in [-0.1, -0.05) is 35.9 Å². The highest BCUT2D eigenvalue weighted by molar-refractivity contribution is 9.10. The SMILES string of the molecule is Cc1c(Cl)cccc1NCc1ccc(OCc2cccc(F)c2)c(Br)c1. The molecule has 2 nitrogen and oxygen atoms in total. The van der Waals surface area contributed by atoms with Crippen LogP contribution in [0.2, 0.25) is 5.02 Å². The Hall–Kier alpha value is -2.04. The Morgan fingerprint density at radius 1 is 1.04 bits per heavy atom. The van der Waals surface area contributed by atoms with Gasteiger partial charge in [-0.3, -0.25) is 0 Å². The second-order valence-electron chi connectivity index (χ2n) is 5.95. The van der Waals surface area contributed by atoms with Crippen molar-refractivity contribution in [3.8, 4) is 5.75 Å². The number of ether oxygens (including phenoxy) is 1. The summed E-state index contributed by atoms with van der Waals surface area (Å²) < 4.78 is 19.9. The summed E-state index contributed by atoms with van der Waals surface area (Å²) in [5.74, 6) is 0.458. The van der Waals surface area contributed by atoms with Gasteiger partial charge in [0.05, 0.1) is 4.47 Å². The Kier molecular flexibility index (Phi) is 6.17. The Labute approximate surface area is 166 Å². The first-order chi connectivity index (χ1) is 12.5. The monoisotopic (exact) mass is 433 g/mol. The fourth-order valence-electron chi connectivity index (χ4n) is 2.56. The maximum atomic E-state index is 13.2. The molecule has 0 heterocycles. The van der Waals surface area contributed by atoms with E-state index < -0.39 is 0 Å². The highest BCUT2D eigenvalue weighted by Crippen LogP contribution is 2.28. The third-order valence-electron chi connectivity index (χ3n) is 4.03. The molecule has 0 saturated heterocycles. The number of nitrogens with one attached hydrogen (secondary N) is 1. The first kappa shape index (κ1) is 18.7. The molecule has 26 heavy (non-hydrogen) atoms. The standard InChI is InChI=1S/C21H18BrClFNO/c1-14-19(23)6-3-7-20(14)25-12-15-8-9-21(18(22)11-15)26-13-16-4-2-5-17(24)10-16/h2-11,25H,12-13H2,1H3. The summed E-state index contributed by atoms with van der Waals surface area (Å²) in [5.41, 5.74) is 3.94. The molecule has 0 aliphatic carbocycles. The summed E-state index contributed by atoms with van der Waals surface area (Å²) in [4.78, 5) is 0. The Bertz CT molecular complexity index is 916. The first-order valence-electron chi connectivity index (χ1n) is 8.17. The van der Waals surface area contributed by atoms with E-state index in [4.69, 9.17) is 16.3 Å². The van der Waals surface area contributed by atoms with Crippen molar-refractivity contribution in [3.05, 3.63) is 92.7 Å². The zero-order chi connectivity index (χ0) is 18.5. The summed E-state index contributed by atoms with van der Waals surface area (Å²) in [6, 6.07) is 18.1. The lowest BCUT2D eigenvalue weighted by molar-refractivity contribution is 0.303. The molecule has 134 valence electrons. The number of halogens is 3. The number of benzene rings is 3. The van der Waals surface area contributed by atoms with Crippen LogP contribution < -0.4 is 10.1 Å². The van der Waals surface area contributed by atoms with Crippen LogP contribution in [0, 0.1) is 12.7 Å². The van der Waals surface area contributed by atoms with E-state index in [0.29, 0.717) is 13.2 Å². The number of hydrogen-bond donors (Lipinski definition) is 1. The van der Waals surface area contributed by atoms with Gasteiger partial charge in [-0.25, -0.2) is 4.39 Å². The normalized spacial score (nSPS) is 10.6. The van der Waals surface area contributed by atoms with Crippen molar-refractivity contribution in [2.45, 2.75) is 20.1 Å². The predicted molar refractivity (Wildman–Crippen MR) is 108 cm³/mol. The highest BCUT2D eigenvalue weighted by atomic mass is 79.9. The Morgan fingerprint density at radius 3 is 2.62 bits per heavy atom. The second kappa shape index (κ2) is 8.56. The molecular formula is C21H18BrClFNO. The average molecular weight is 435 g/mol. The first-order valence-corrected chi connectivity index (χ1v) is 9.34. The van der Waals surface area contributed by atoms with E-state index in [2.05, 4.69) is 21.2 Å². The Balaban J connectivity index is 1.63. The van der Waals surface area contributed by atoms with Crippen molar-refractivity contribution in [1.82, 2.24) is 0 Å². The minimum Gasteiger partial charge on any atom is -0.488 e. The molecule has 0 unspecified atom stereocenters. The third-order valence-corrected chi connectivity index (χ3v) is 5.06. The topological polar surface area (TPSA) is 21.3 Å². The lowest BCUT2D eigenvalue weighted by Crippen LogP contribution is -2.02. The molecule has 0 atom stereocenters. The molecule has 0 aliphatic heterocycles. The summed E-state index contributed by atoms with van der Waals surface area (Å²) in [6.07, 6.45) is 0. The van der Waals surface area contributed by atoms with Gasteiger partial charge in [0.15, 0.2) is 0 Å². The average Bonchev–Trinajstić information content (AvgIpc) is 2.62. The maximum Gasteiger partial charge on any atom is 0.134 e. The zero-order valence-electron chi connectivity index (χ0n) is 14.2. The molecule has 3 aromatic rings. The quantitative estimate of drug-likeness (QED) is 0.464. The molecule has 1 N–H and O–H groups in total. The lowest BCUT2D eigenvalue weighted by atomic mass is 10.1. The minimum absolute atomic E-state index is 0.261. The number of anilines is 1. The van der Waals surface area contributed by atoms with Gasteiger partial charge in [0, 0.05) is 17.3 Å². The summed E-state index contributed by atoms with van der Waals surface area (Å²) in [7, 11) is 0. The van der Waals surface area contributed by atoms with Crippen molar-refractivity contribution >= 4 is 33.2 Å². The third kappa shape index (κ3) is 4.77. The van der Waals surface area contributed by atoms with Crippen LogP contribution in [0.3, 0.4) is 0 Å². The van der Waals surface area contributed by atoms with Gasteiger partial charge in [-0.15, -0.1) is 0 Å². The zero-order valence-corrected chi connectivity index (χ0v) is 16.6. The van der Waals surface area contributed by atoms with Crippen LogP contribution >= 0.6 is 27.5 Å². The van der Waals surface area contributed by atoms with Crippen molar-refractivity contribution < 1.29 is 9.13 Å². The molecule has 0 aromatic heterocycles. The molecule has 0 spiro atoms. The van der Waals surface area contributed by atoms with E-state index >= 15 is 0 Å². The minimum atomic E-state index is -0.261. The van der Waals surface area contributed by atoms with Crippen LogP contribution in [-0.2, 0) is 13.2 Å². The van der Waals surface area contributed by atoms with E-state index in [0.717, 1.165) is 37.6 Å². The number of hydrogen-bond acceptors (Lipinski definition) is 2. The molecule has 3 aromatic carbocycles. The van der Waals surface area contributed by atoms with Crippen LogP contribution in [0.4, 0.5) is 10.1 Å². The Morgan fingerprint density at radius 2 is 1.85 bits per heavy atom. The largest absolute Gasteiger partial charge is 0.488 e. The molecule has 0 radical (unpaired) electrons. The van der Waals surface area contributed by atoms with Crippen LogP contribution in [0.25, 0.3) is 0 Å². The van der Waals surface area contributed by atoms with Gasteiger partial charge in [0.25, 0.3) is 0 Å². The van der Waals surface area contributed by atoms with Crippen molar-refractivity contribution in [2.24, 2.45) is 0 Å². The van der Waals surface area contributed by atoms with Gasteiger partial charge in [0.1, 0.15) is 18.2 Å².